The van der Waals surface area contributed by atoms with E-state index in [9.17, 15) is 19.8 Å². The summed E-state index contributed by atoms with van der Waals surface area (Å²) in [4.78, 5) is 23.7. The number of carbonyl (C=O) groups excluding carboxylic acids is 2. The van der Waals surface area contributed by atoms with Crippen molar-refractivity contribution in [3.8, 4) is 23.0 Å². The summed E-state index contributed by atoms with van der Waals surface area (Å²) in [7, 11) is 2.93. The Morgan fingerprint density at radius 3 is 1.55 bits per heavy atom. The summed E-state index contributed by atoms with van der Waals surface area (Å²) in [6, 6.07) is 9.84. The van der Waals surface area contributed by atoms with Crippen molar-refractivity contribution in [2.24, 2.45) is 0 Å². The fourth-order valence-corrected chi connectivity index (χ4v) is 2.82. The van der Waals surface area contributed by atoms with E-state index in [0.29, 0.717) is 30.8 Å². The number of aryl methyl sites for hydroxylation is 2. The third-order valence-corrected chi connectivity index (χ3v) is 4.54. The van der Waals surface area contributed by atoms with Gasteiger partial charge >= 0.3 is 11.9 Å². The van der Waals surface area contributed by atoms with Gasteiger partial charge in [0.15, 0.2) is 23.0 Å². The Bertz CT molecular complexity index is 806. The molecule has 0 radical (unpaired) electrons. The maximum atomic E-state index is 11.8. The highest BCUT2D eigenvalue weighted by molar-refractivity contribution is 5.70. The largest absolute Gasteiger partial charge is 0.504 e. The van der Waals surface area contributed by atoms with Gasteiger partial charge in [-0.3, -0.25) is 9.59 Å². The number of hydrogen-bond acceptors (Lipinski definition) is 8. The second-order valence-electron chi connectivity index (χ2n) is 6.81. The molecule has 0 atom stereocenters. The van der Waals surface area contributed by atoms with Crippen LogP contribution in [0.25, 0.3) is 0 Å². The fraction of sp³-hybridized carbons (Fsp3) is 0.391. The molecule has 0 fully saturated rings. The first kappa shape index (κ1) is 23.9. The molecule has 0 aromatic heterocycles. The van der Waals surface area contributed by atoms with Crippen LogP contribution in [0, 0.1) is 0 Å². The Hall–Kier alpha value is -3.42. The minimum absolute atomic E-state index is 0.0474. The van der Waals surface area contributed by atoms with E-state index in [1.165, 1.54) is 26.4 Å². The minimum atomic E-state index is -0.348. The molecule has 0 spiro atoms. The second-order valence-corrected chi connectivity index (χ2v) is 6.81. The molecule has 2 rings (SSSR count). The third-order valence-electron chi connectivity index (χ3n) is 4.54. The van der Waals surface area contributed by atoms with Gasteiger partial charge < -0.3 is 29.2 Å². The molecule has 0 amide bonds. The molecule has 168 valence electrons. The number of carbonyl (C=O) groups is 2. The topological polar surface area (TPSA) is 112 Å². The molecular weight excluding hydrogens is 404 g/mol. The van der Waals surface area contributed by atoms with E-state index in [-0.39, 0.29) is 49.5 Å². The highest BCUT2D eigenvalue weighted by atomic mass is 16.5. The number of esters is 2. The molecule has 2 aromatic carbocycles. The molecule has 31 heavy (non-hydrogen) atoms. The monoisotopic (exact) mass is 432 g/mol. The van der Waals surface area contributed by atoms with E-state index < -0.39 is 0 Å². The molecule has 0 heterocycles. The minimum Gasteiger partial charge on any atom is -0.504 e. The summed E-state index contributed by atoms with van der Waals surface area (Å²) in [5.74, 6) is 0.117. The van der Waals surface area contributed by atoms with E-state index in [1.54, 1.807) is 24.3 Å². The Balaban J connectivity index is 1.58. The van der Waals surface area contributed by atoms with E-state index in [0.717, 1.165) is 11.1 Å². The fourth-order valence-electron chi connectivity index (χ4n) is 2.82. The van der Waals surface area contributed by atoms with Crippen molar-refractivity contribution in [2.75, 3.05) is 27.4 Å². The van der Waals surface area contributed by atoms with Crippen LogP contribution in [0.15, 0.2) is 36.4 Å². The predicted molar refractivity (Wildman–Crippen MR) is 112 cm³/mol. The van der Waals surface area contributed by atoms with Crippen LogP contribution in [0.5, 0.6) is 23.0 Å². The number of aromatic hydroxyl groups is 2. The zero-order valence-electron chi connectivity index (χ0n) is 17.8. The number of phenols is 2. The smallest absolute Gasteiger partial charge is 0.306 e. The molecular formula is C23H28O8. The number of ether oxygens (including phenoxy) is 4. The maximum absolute atomic E-state index is 11.8. The van der Waals surface area contributed by atoms with Crippen molar-refractivity contribution >= 4 is 11.9 Å². The molecule has 2 N–H and O–H groups in total. The number of methoxy groups -OCH3 is 2. The van der Waals surface area contributed by atoms with Crippen molar-refractivity contribution in [1.29, 1.82) is 0 Å². The highest BCUT2D eigenvalue weighted by Gasteiger charge is 2.09. The number of phenolic OH excluding ortho intramolecular Hbond substituents is 2. The van der Waals surface area contributed by atoms with Crippen LogP contribution >= 0.6 is 0 Å². The van der Waals surface area contributed by atoms with E-state index in [2.05, 4.69) is 0 Å². The van der Waals surface area contributed by atoms with Crippen molar-refractivity contribution < 1.29 is 38.7 Å². The summed E-state index contributed by atoms with van der Waals surface area (Å²) < 4.78 is 20.4. The standard InChI is InChI=1S/C23H28O8/c1-28-20-14-16(4-8-18(20)24)6-10-22(26)30-12-3-13-31-23(27)11-7-17-5-9-19(25)21(15-17)29-2/h4-5,8-9,14-15,24-25H,3,6-7,10-13H2,1-2H3. The lowest BCUT2D eigenvalue weighted by molar-refractivity contribution is -0.146. The SMILES string of the molecule is COc1cc(CCC(=O)OCCCOC(=O)CCc2ccc(O)c(OC)c2)ccc1O. The number of rotatable bonds is 12. The van der Waals surface area contributed by atoms with E-state index >= 15 is 0 Å². The molecule has 8 heteroatoms. The van der Waals surface area contributed by atoms with Crippen molar-refractivity contribution in [3.05, 3.63) is 47.5 Å². The van der Waals surface area contributed by atoms with E-state index in [4.69, 9.17) is 18.9 Å². The van der Waals surface area contributed by atoms with Crippen LogP contribution in [-0.2, 0) is 31.9 Å². The summed E-state index contributed by atoms with van der Waals surface area (Å²) in [5.41, 5.74) is 1.71. The molecule has 0 saturated carbocycles. The lowest BCUT2D eigenvalue weighted by Gasteiger charge is -2.08. The van der Waals surface area contributed by atoms with Gasteiger partial charge in [0.25, 0.3) is 0 Å². The third kappa shape index (κ3) is 8.08. The van der Waals surface area contributed by atoms with Crippen LogP contribution in [0.2, 0.25) is 0 Å². The van der Waals surface area contributed by atoms with Crippen molar-refractivity contribution in [2.45, 2.75) is 32.1 Å². The van der Waals surface area contributed by atoms with Gasteiger partial charge in [-0.2, -0.15) is 0 Å². The summed E-state index contributed by atoms with van der Waals surface area (Å²) in [5, 5.41) is 19.1. The molecule has 0 aliphatic heterocycles. The van der Waals surface area contributed by atoms with Crippen LogP contribution < -0.4 is 9.47 Å². The highest BCUT2D eigenvalue weighted by Crippen LogP contribution is 2.27. The van der Waals surface area contributed by atoms with Crippen LogP contribution in [0.1, 0.15) is 30.4 Å². The Labute approximate surface area is 181 Å². The van der Waals surface area contributed by atoms with Gasteiger partial charge in [-0.15, -0.1) is 0 Å². The Morgan fingerprint density at radius 2 is 1.16 bits per heavy atom. The molecule has 0 aliphatic rings. The average molecular weight is 432 g/mol. The molecule has 2 aromatic rings. The molecule has 0 bridgehead atoms. The van der Waals surface area contributed by atoms with Gasteiger partial charge in [-0.05, 0) is 48.2 Å². The molecule has 0 saturated heterocycles. The summed E-state index contributed by atoms with van der Waals surface area (Å²) in [6.07, 6.45) is 1.74. The van der Waals surface area contributed by atoms with Gasteiger partial charge in [-0.25, -0.2) is 0 Å². The molecule has 0 unspecified atom stereocenters. The van der Waals surface area contributed by atoms with Gasteiger partial charge in [0.1, 0.15) is 0 Å². The summed E-state index contributed by atoms with van der Waals surface area (Å²) >= 11 is 0. The average Bonchev–Trinajstić information content (AvgIpc) is 2.77. The first-order chi connectivity index (χ1) is 14.9. The Morgan fingerprint density at radius 1 is 0.742 bits per heavy atom. The van der Waals surface area contributed by atoms with Crippen molar-refractivity contribution in [3.63, 3.8) is 0 Å². The lowest BCUT2D eigenvalue weighted by Crippen LogP contribution is -2.11. The lowest BCUT2D eigenvalue weighted by atomic mass is 10.1. The normalized spacial score (nSPS) is 10.4. The van der Waals surface area contributed by atoms with Crippen LogP contribution in [0.4, 0.5) is 0 Å². The van der Waals surface area contributed by atoms with Crippen LogP contribution in [0.3, 0.4) is 0 Å². The van der Waals surface area contributed by atoms with E-state index in [1.807, 2.05) is 0 Å². The zero-order chi connectivity index (χ0) is 22.6. The summed E-state index contributed by atoms with van der Waals surface area (Å²) in [6.45, 7) is 0.334. The van der Waals surface area contributed by atoms with Gasteiger partial charge in [0, 0.05) is 19.3 Å². The van der Waals surface area contributed by atoms with Gasteiger partial charge in [0.2, 0.25) is 0 Å². The second kappa shape index (κ2) is 12.3. The van der Waals surface area contributed by atoms with Crippen molar-refractivity contribution in [1.82, 2.24) is 0 Å². The molecule has 0 aliphatic carbocycles. The number of hydrogen-bond donors (Lipinski definition) is 2. The maximum Gasteiger partial charge on any atom is 0.306 e. The first-order valence-corrected chi connectivity index (χ1v) is 9.96. The van der Waals surface area contributed by atoms with Gasteiger partial charge in [-0.1, -0.05) is 12.1 Å². The zero-order valence-corrected chi connectivity index (χ0v) is 17.8. The first-order valence-electron chi connectivity index (χ1n) is 9.96. The predicted octanol–water partition coefficient (Wildman–Crippen LogP) is 3.16. The Kier molecular flexibility index (Phi) is 9.48. The van der Waals surface area contributed by atoms with Crippen LogP contribution in [-0.4, -0.2) is 49.6 Å². The van der Waals surface area contributed by atoms with Gasteiger partial charge in [0.05, 0.1) is 27.4 Å². The number of benzene rings is 2. The molecule has 8 nitrogen and oxygen atoms in total. The quantitative estimate of drug-likeness (QED) is 0.389.